The number of phenols is 1. The number of carbonyl (C=O) groups is 1. The Kier molecular flexibility index (Phi) is 6.47. The predicted molar refractivity (Wildman–Crippen MR) is 96.1 cm³/mol. The highest BCUT2D eigenvalue weighted by Crippen LogP contribution is 2.47. The smallest absolute Gasteiger partial charge is 0.335 e. The molecular formula is C20H30O5. The van der Waals surface area contributed by atoms with E-state index in [1.807, 2.05) is 13.8 Å². The molecule has 4 N–H and O–H groups in total. The molecule has 1 unspecified atom stereocenters. The van der Waals surface area contributed by atoms with E-state index in [2.05, 4.69) is 6.92 Å². The number of hydrogen-bond acceptors (Lipinski definition) is 4. The Hall–Kier alpha value is -1.59. The molecule has 1 aromatic carbocycles. The summed E-state index contributed by atoms with van der Waals surface area (Å²) >= 11 is 0. The average Bonchev–Trinajstić information content (AvgIpc) is 2.53. The summed E-state index contributed by atoms with van der Waals surface area (Å²) in [6.07, 6.45) is 2.78. The monoisotopic (exact) mass is 350 g/mol. The first-order valence-corrected chi connectivity index (χ1v) is 9.15. The van der Waals surface area contributed by atoms with E-state index in [1.54, 1.807) is 6.07 Å². The van der Waals surface area contributed by atoms with Gasteiger partial charge in [-0.1, -0.05) is 33.6 Å². The van der Waals surface area contributed by atoms with E-state index in [0.717, 1.165) is 30.4 Å². The first-order valence-electron chi connectivity index (χ1n) is 9.15. The number of aromatic carboxylic acids is 1. The van der Waals surface area contributed by atoms with Crippen LogP contribution < -0.4 is 0 Å². The third-order valence-corrected chi connectivity index (χ3v) is 5.58. The highest BCUT2D eigenvalue weighted by Gasteiger charge is 2.37. The molecule has 1 aliphatic carbocycles. The van der Waals surface area contributed by atoms with Crippen LogP contribution >= 0.6 is 0 Å². The molecule has 2 rings (SSSR count). The fraction of sp³-hybridized carbons (Fsp3) is 0.650. The second kappa shape index (κ2) is 8.19. The molecule has 5 heteroatoms. The summed E-state index contributed by atoms with van der Waals surface area (Å²) in [5.41, 5.74) is 1.60. The van der Waals surface area contributed by atoms with Crippen molar-refractivity contribution >= 4 is 5.97 Å². The largest absolute Gasteiger partial charge is 0.508 e. The zero-order valence-corrected chi connectivity index (χ0v) is 15.3. The van der Waals surface area contributed by atoms with Crippen molar-refractivity contribution in [2.75, 3.05) is 6.61 Å². The van der Waals surface area contributed by atoms with Crippen molar-refractivity contribution in [2.24, 2.45) is 11.8 Å². The van der Waals surface area contributed by atoms with Gasteiger partial charge in [0.2, 0.25) is 0 Å². The number of benzene rings is 1. The SMILES string of the molecule is CC(CO)CCC[C@H](C)[C@H]1c2cc(C(=O)O)cc(O)c2[C@H](C)C[C@H]1O. The molecule has 0 spiro atoms. The van der Waals surface area contributed by atoms with Gasteiger partial charge in [0.15, 0.2) is 0 Å². The maximum Gasteiger partial charge on any atom is 0.335 e. The third kappa shape index (κ3) is 4.33. The number of fused-ring (bicyclic) bond motifs is 1. The molecule has 0 aromatic heterocycles. The minimum absolute atomic E-state index is 0.00861. The van der Waals surface area contributed by atoms with E-state index < -0.39 is 12.1 Å². The van der Waals surface area contributed by atoms with Crippen LogP contribution in [0.1, 0.15) is 79.8 Å². The van der Waals surface area contributed by atoms with Gasteiger partial charge in [0, 0.05) is 18.1 Å². The lowest BCUT2D eigenvalue weighted by Crippen LogP contribution is -2.32. The molecule has 25 heavy (non-hydrogen) atoms. The van der Waals surface area contributed by atoms with E-state index in [0.29, 0.717) is 6.42 Å². The van der Waals surface area contributed by atoms with Gasteiger partial charge in [-0.05, 0) is 48.3 Å². The summed E-state index contributed by atoms with van der Waals surface area (Å²) in [4.78, 5) is 11.4. The van der Waals surface area contributed by atoms with Crippen molar-refractivity contribution in [1.82, 2.24) is 0 Å². The van der Waals surface area contributed by atoms with Crippen LogP contribution in [0.3, 0.4) is 0 Å². The summed E-state index contributed by atoms with van der Waals surface area (Å²) < 4.78 is 0. The molecule has 0 amide bonds. The van der Waals surface area contributed by atoms with Crippen LogP contribution in [0.25, 0.3) is 0 Å². The van der Waals surface area contributed by atoms with Gasteiger partial charge in [-0.15, -0.1) is 0 Å². The molecule has 0 radical (unpaired) electrons. The van der Waals surface area contributed by atoms with Crippen LogP contribution in [0.5, 0.6) is 5.75 Å². The van der Waals surface area contributed by atoms with E-state index in [1.165, 1.54) is 6.07 Å². The standard InChI is InChI=1S/C20H30O5/c1-11(10-21)5-4-6-12(2)18-15-8-14(20(24)25)9-17(23)19(15)13(3)7-16(18)22/h8-9,11-13,16,18,21-23H,4-7,10H2,1-3H3,(H,24,25)/t11?,12-,13+,16+,18-/m0/s1. The van der Waals surface area contributed by atoms with Gasteiger partial charge in [-0.3, -0.25) is 0 Å². The number of aromatic hydroxyl groups is 1. The number of aliphatic hydroxyl groups is 2. The number of phenolic OH excluding ortho intramolecular Hbond substituents is 1. The molecule has 0 bridgehead atoms. The van der Waals surface area contributed by atoms with Crippen LogP contribution in [0.4, 0.5) is 0 Å². The number of aliphatic hydroxyl groups excluding tert-OH is 2. The van der Waals surface area contributed by atoms with E-state index in [4.69, 9.17) is 5.11 Å². The molecule has 1 aliphatic rings. The van der Waals surface area contributed by atoms with Gasteiger partial charge in [0.25, 0.3) is 0 Å². The molecule has 0 aliphatic heterocycles. The van der Waals surface area contributed by atoms with Crippen molar-refractivity contribution in [3.63, 3.8) is 0 Å². The topological polar surface area (TPSA) is 98.0 Å². The molecule has 0 fully saturated rings. The van der Waals surface area contributed by atoms with Crippen LogP contribution in [-0.4, -0.2) is 39.1 Å². The summed E-state index contributed by atoms with van der Waals surface area (Å²) in [7, 11) is 0. The second-order valence-electron chi connectivity index (χ2n) is 7.73. The third-order valence-electron chi connectivity index (χ3n) is 5.58. The lowest BCUT2D eigenvalue weighted by Gasteiger charge is -2.38. The van der Waals surface area contributed by atoms with Crippen molar-refractivity contribution < 1.29 is 25.2 Å². The normalized spacial score (nSPS) is 25.2. The van der Waals surface area contributed by atoms with Crippen molar-refractivity contribution in [1.29, 1.82) is 0 Å². The molecule has 5 nitrogen and oxygen atoms in total. The van der Waals surface area contributed by atoms with Crippen LogP contribution in [0, 0.1) is 11.8 Å². The maximum atomic E-state index is 11.4. The quantitative estimate of drug-likeness (QED) is 0.603. The fourth-order valence-electron chi connectivity index (χ4n) is 4.17. The first-order chi connectivity index (χ1) is 11.8. The van der Waals surface area contributed by atoms with Gasteiger partial charge in [0.1, 0.15) is 5.75 Å². The van der Waals surface area contributed by atoms with Gasteiger partial charge >= 0.3 is 5.97 Å². The summed E-state index contributed by atoms with van der Waals surface area (Å²) in [5, 5.41) is 39.5. The highest BCUT2D eigenvalue weighted by molar-refractivity contribution is 5.88. The van der Waals surface area contributed by atoms with Gasteiger partial charge in [-0.25, -0.2) is 4.79 Å². The van der Waals surface area contributed by atoms with Crippen molar-refractivity contribution in [3.05, 3.63) is 28.8 Å². The zero-order chi connectivity index (χ0) is 18.7. The second-order valence-corrected chi connectivity index (χ2v) is 7.73. The van der Waals surface area contributed by atoms with Gasteiger partial charge < -0.3 is 20.4 Å². The Morgan fingerprint density at radius 2 is 1.96 bits per heavy atom. The predicted octanol–water partition coefficient (Wildman–Crippen LogP) is 3.48. The van der Waals surface area contributed by atoms with Crippen molar-refractivity contribution in [2.45, 2.75) is 64.4 Å². The minimum Gasteiger partial charge on any atom is -0.508 e. The number of carboxylic acid groups (broad SMARTS) is 1. The van der Waals surface area contributed by atoms with Crippen LogP contribution in [0.2, 0.25) is 0 Å². The maximum absolute atomic E-state index is 11.4. The summed E-state index contributed by atoms with van der Waals surface area (Å²) in [5.74, 6) is -0.824. The summed E-state index contributed by atoms with van der Waals surface area (Å²) in [6, 6.07) is 2.92. The number of rotatable bonds is 7. The molecule has 5 atom stereocenters. The zero-order valence-electron chi connectivity index (χ0n) is 15.3. The Morgan fingerprint density at radius 3 is 2.56 bits per heavy atom. The molecule has 0 saturated heterocycles. The Morgan fingerprint density at radius 1 is 1.28 bits per heavy atom. The number of carboxylic acids is 1. The van der Waals surface area contributed by atoms with Gasteiger partial charge in [-0.2, -0.15) is 0 Å². The molecule has 1 aromatic rings. The Bertz CT molecular complexity index is 612. The fourth-order valence-corrected chi connectivity index (χ4v) is 4.17. The molecule has 0 saturated carbocycles. The average molecular weight is 350 g/mol. The molecular weight excluding hydrogens is 320 g/mol. The lowest BCUT2D eigenvalue weighted by atomic mass is 9.69. The summed E-state index contributed by atoms with van der Waals surface area (Å²) in [6.45, 7) is 6.21. The number of hydrogen-bond donors (Lipinski definition) is 4. The van der Waals surface area contributed by atoms with E-state index >= 15 is 0 Å². The Labute approximate surface area is 149 Å². The molecule has 0 heterocycles. The molecule has 140 valence electrons. The first kappa shape index (κ1) is 19.7. The van der Waals surface area contributed by atoms with E-state index in [-0.39, 0.29) is 41.6 Å². The highest BCUT2D eigenvalue weighted by atomic mass is 16.4. The lowest BCUT2D eigenvalue weighted by molar-refractivity contribution is 0.0692. The van der Waals surface area contributed by atoms with Gasteiger partial charge in [0.05, 0.1) is 11.7 Å². The van der Waals surface area contributed by atoms with Crippen molar-refractivity contribution in [3.8, 4) is 5.75 Å². The van der Waals surface area contributed by atoms with Crippen LogP contribution in [0.15, 0.2) is 12.1 Å². The van der Waals surface area contributed by atoms with E-state index in [9.17, 15) is 20.1 Å². The minimum atomic E-state index is -1.08. The van der Waals surface area contributed by atoms with Crippen LogP contribution in [-0.2, 0) is 0 Å². The Balaban J connectivity index is 2.30.